The minimum atomic E-state index is -0.465. The Labute approximate surface area is 131 Å². The van der Waals surface area contributed by atoms with Crippen molar-refractivity contribution in [3.8, 4) is 28.7 Å². The summed E-state index contributed by atoms with van der Waals surface area (Å²) in [5, 5.41) is 18.8. The van der Waals surface area contributed by atoms with Crippen LogP contribution in [0.15, 0.2) is 52.9 Å². The summed E-state index contributed by atoms with van der Waals surface area (Å²) in [5.74, 6) is 1.34. The van der Waals surface area contributed by atoms with E-state index < -0.39 is 4.92 Å². The van der Waals surface area contributed by atoms with Crippen molar-refractivity contribution in [2.45, 2.75) is 6.92 Å². The zero-order chi connectivity index (χ0) is 16.2. The Balaban J connectivity index is 1.88. The predicted octanol–water partition coefficient (Wildman–Crippen LogP) is 3.71. The zero-order valence-electron chi connectivity index (χ0n) is 12.3. The maximum Gasteiger partial charge on any atom is 0.270 e. The smallest absolute Gasteiger partial charge is 0.270 e. The van der Waals surface area contributed by atoms with E-state index in [-0.39, 0.29) is 11.6 Å². The summed E-state index contributed by atoms with van der Waals surface area (Å²) in [5.41, 5.74) is 1.23. The Morgan fingerprint density at radius 1 is 1.09 bits per heavy atom. The summed E-state index contributed by atoms with van der Waals surface area (Å²) in [6.07, 6.45) is 0. The third kappa shape index (κ3) is 3.18. The number of non-ortho nitro benzene ring substituents is 1. The largest absolute Gasteiger partial charge is 0.494 e. The highest BCUT2D eigenvalue weighted by molar-refractivity contribution is 5.60. The Morgan fingerprint density at radius 2 is 1.78 bits per heavy atom. The van der Waals surface area contributed by atoms with E-state index in [0.29, 0.717) is 18.1 Å². The fourth-order valence-corrected chi connectivity index (χ4v) is 2.07. The summed E-state index contributed by atoms with van der Waals surface area (Å²) < 4.78 is 11.0. The van der Waals surface area contributed by atoms with Gasteiger partial charge >= 0.3 is 0 Å². The first-order chi connectivity index (χ1) is 11.2. The van der Waals surface area contributed by atoms with Gasteiger partial charge in [0.15, 0.2) is 0 Å². The summed E-state index contributed by atoms with van der Waals surface area (Å²) in [4.78, 5) is 10.4. The lowest BCUT2D eigenvalue weighted by Crippen LogP contribution is -1.90. The second-order valence-corrected chi connectivity index (χ2v) is 4.68. The van der Waals surface area contributed by atoms with Gasteiger partial charge in [0, 0.05) is 23.3 Å². The Bertz CT molecular complexity index is 827. The first kappa shape index (κ1) is 14.7. The van der Waals surface area contributed by atoms with E-state index in [1.54, 1.807) is 12.1 Å². The highest BCUT2D eigenvalue weighted by Crippen LogP contribution is 2.27. The summed E-state index contributed by atoms with van der Waals surface area (Å²) >= 11 is 0. The summed E-state index contributed by atoms with van der Waals surface area (Å²) in [6.45, 7) is 2.51. The number of nitro benzene ring substituents is 1. The molecule has 0 aliphatic carbocycles. The molecule has 116 valence electrons. The van der Waals surface area contributed by atoms with Gasteiger partial charge in [0.25, 0.3) is 5.69 Å². The fraction of sp³-hybridized carbons (Fsp3) is 0.125. The molecule has 3 aromatic rings. The Kier molecular flexibility index (Phi) is 4.01. The van der Waals surface area contributed by atoms with E-state index in [9.17, 15) is 10.1 Å². The predicted molar refractivity (Wildman–Crippen MR) is 83.0 cm³/mol. The molecular formula is C16H13N3O4. The monoisotopic (exact) mass is 311 g/mol. The van der Waals surface area contributed by atoms with Crippen LogP contribution >= 0.6 is 0 Å². The normalized spacial score (nSPS) is 10.5. The molecule has 0 aliphatic heterocycles. The molecule has 0 amide bonds. The average Bonchev–Trinajstić information content (AvgIpc) is 3.06. The molecule has 0 saturated heterocycles. The highest BCUT2D eigenvalue weighted by atomic mass is 16.6. The third-order valence-corrected chi connectivity index (χ3v) is 3.14. The van der Waals surface area contributed by atoms with Gasteiger partial charge in [-0.3, -0.25) is 10.1 Å². The Morgan fingerprint density at radius 3 is 2.43 bits per heavy atom. The van der Waals surface area contributed by atoms with E-state index in [4.69, 9.17) is 9.15 Å². The van der Waals surface area contributed by atoms with Gasteiger partial charge < -0.3 is 9.15 Å². The molecule has 0 atom stereocenters. The molecule has 2 aromatic carbocycles. The highest BCUT2D eigenvalue weighted by Gasteiger charge is 2.13. The quantitative estimate of drug-likeness (QED) is 0.527. The summed E-state index contributed by atoms with van der Waals surface area (Å²) in [7, 11) is 0. The molecule has 1 aromatic heterocycles. The average molecular weight is 311 g/mol. The van der Waals surface area contributed by atoms with Gasteiger partial charge in [-0.1, -0.05) is 6.07 Å². The van der Waals surface area contributed by atoms with E-state index in [1.165, 1.54) is 12.1 Å². The molecule has 7 heteroatoms. The molecule has 0 saturated carbocycles. The number of rotatable bonds is 5. The van der Waals surface area contributed by atoms with E-state index in [1.807, 2.05) is 31.2 Å². The number of benzene rings is 2. The summed E-state index contributed by atoms with van der Waals surface area (Å²) in [6, 6.07) is 13.3. The van der Waals surface area contributed by atoms with Crippen molar-refractivity contribution in [1.82, 2.24) is 10.2 Å². The number of aromatic nitrogens is 2. The van der Waals surface area contributed by atoms with Gasteiger partial charge in [-0.05, 0) is 37.3 Å². The van der Waals surface area contributed by atoms with Crippen molar-refractivity contribution in [1.29, 1.82) is 0 Å². The van der Waals surface area contributed by atoms with Gasteiger partial charge in [0.2, 0.25) is 11.8 Å². The molecule has 0 spiro atoms. The van der Waals surface area contributed by atoms with Crippen LogP contribution in [-0.4, -0.2) is 21.7 Å². The number of hydrogen-bond donors (Lipinski definition) is 0. The molecule has 0 radical (unpaired) electrons. The lowest BCUT2D eigenvalue weighted by atomic mass is 10.2. The van der Waals surface area contributed by atoms with Crippen molar-refractivity contribution in [3.63, 3.8) is 0 Å². The molecule has 0 N–H and O–H groups in total. The van der Waals surface area contributed by atoms with Crippen molar-refractivity contribution >= 4 is 5.69 Å². The molecule has 7 nitrogen and oxygen atoms in total. The van der Waals surface area contributed by atoms with Crippen LogP contribution in [0.2, 0.25) is 0 Å². The topological polar surface area (TPSA) is 91.3 Å². The fourth-order valence-electron chi connectivity index (χ4n) is 2.07. The lowest BCUT2D eigenvalue weighted by Gasteiger charge is -2.02. The SMILES string of the molecule is CCOc1ccc(-c2nnc(-c3cccc([N+](=O)[O-])c3)o2)cc1. The number of ether oxygens (including phenoxy) is 1. The van der Waals surface area contributed by atoms with Gasteiger partial charge in [0.05, 0.1) is 11.5 Å². The maximum absolute atomic E-state index is 10.8. The van der Waals surface area contributed by atoms with Gasteiger partial charge in [-0.15, -0.1) is 10.2 Å². The van der Waals surface area contributed by atoms with Crippen LogP contribution in [0, 0.1) is 10.1 Å². The molecule has 3 rings (SSSR count). The van der Waals surface area contributed by atoms with Crippen LogP contribution in [0.5, 0.6) is 5.75 Å². The van der Waals surface area contributed by atoms with Crippen LogP contribution in [0.3, 0.4) is 0 Å². The Hall–Kier alpha value is -3.22. The first-order valence-electron chi connectivity index (χ1n) is 6.99. The van der Waals surface area contributed by atoms with Crippen molar-refractivity contribution in [3.05, 3.63) is 58.6 Å². The molecule has 23 heavy (non-hydrogen) atoms. The van der Waals surface area contributed by atoms with Gasteiger partial charge in [-0.25, -0.2) is 0 Å². The molecule has 1 heterocycles. The van der Waals surface area contributed by atoms with Crippen LogP contribution in [0.1, 0.15) is 6.92 Å². The van der Waals surface area contributed by atoms with Gasteiger partial charge in [0.1, 0.15) is 5.75 Å². The molecule has 0 fully saturated rings. The minimum Gasteiger partial charge on any atom is -0.494 e. The molecule has 0 aliphatic rings. The second-order valence-electron chi connectivity index (χ2n) is 4.68. The maximum atomic E-state index is 10.8. The number of nitro groups is 1. The lowest BCUT2D eigenvalue weighted by molar-refractivity contribution is -0.384. The van der Waals surface area contributed by atoms with Crippen LogP contribution in [0.4, 0.5) is 5.69 Å². The van der Waals surface area contributed by atoms with Crippen LogP contribution in [-0.2, 0) is 0 Å². The first-order valence-corrected chi connectivity index (χ1v) is 6.99. The van der Waals surface area contributed by atoms with E-state index >= 15 is 0 Å². The minimum absolute atomic E-state index is 0.0247. The van der Waals surface area contributed by atoms with Gasteiger partial charge in [-0.2, -0.15) is 0 Å². The zero-order valence-corrected chi connectivity index (χ0v) is 12.3. The van der Waals surface area contributed by atoms with Crippen molar-refractivity contribution in [2.24, 2.45) is 0 Å². The number of nitrogens with zero attached hydrogens (tertiary/aromatic N) is 3. The van der Waals surface area contributed by atoms with Crippen molar-refractivity contribution in [2.75, 3.05) is 6.61 Å². The molecular weight excluding hydrogens is 298 g/mol. The van der Waals surface area contributed by atoms with E-state index in [2.05, 4.69) is 10.2 Å². The van der Waals surface area contributed by atoms with Crippen molar-refractivity contribution < 1.29 is 14.1 Å². The second kappa shape index (κ2) is 6.27. The standard InChI is InChI=1S/C16H13N3O4/c1-2-22-14-8-6-11(7-9-14)15-17-18-16(23-15)12-4-3-5-13(10-12)19(20)21/h3-10H,2H2,1H3. The molecule has 0 bridgehead atoms. The third-order valence-electron chi connectivity index (χ3n) is 3.14. The van der Waals surface area contributed by atoms with E-state index in [0.717, 1.165) is 11.3 Å². The van der Waals surface area contributed by atoms with Crippen LogP contribution in [0.25, 0.3) is 22.9 Å². The number of hydrogen-bond acceptors (Lipinski definition) is 6. The van der Waals surface area contributed by atoms with Crippen LogP contribution < -0.4 is 4.74 Å². The molecule has 0 unspecified atom stereocenters.